The third-order valence-electron chi connectivity index (χ3n) is 5.45. The fourth-order valence-corrected chi connectivity index (χ4v) is 3.28. The Bertz CT molecular complexity index is 546. The molecule has 2 rings (SSSR count). The molecular weight excluding hydrogens is 304 g/mol. The van der Waals surface area contributed by atoms with Crippen molar-refractivity contribution in [1.82, 2.24) is 0 Å². The van der Waals surface area contributed by atoms with Crippen LogP contribution in [-0.4, -0.2) is 24.1 Å². The fourth-order valence-electron chi connectivity index (χ4n) is 3.28. The molecule has 0 bridgehead atoms. The molecule has 5 unspecified atom stereocenters. The number of esters is 2. The molecule has 1 fully saturated rings. The third kappa shape index (κ3) is 4.28. The van der Waals surface area contributed by atoms with Gasteiger partial charge in [-0.15, -0.1) is 0 Å². The second kappa shape index (κ2) is 8.00. The average molecular weight is 334 g/mol. The van der Waals surface area contributed by atoms with Gasteiger partial charge in [0.2, 0.25) is 0 Å². The van der Waals surface area contributed by atoms with E-state index in [1.807, 2.05) is 33.8 Å². The van der Waals surface area contributed by atoms with Gasteiger partial charge in [0.15, 0.2) is 0 Å². The van der Waals surface area contributed by atoms with E-state index in [4.69, 9.17) is 9.47 Å². The first-order valence-corrected chi connectivity index (χ1v) is 9.08. The van der Waals surface area contributed by atoms with Crippen molar-refractivity contribution in [2.75, 3.05) is 0 Å². The largest absolute Gasteiger partial charge is 0.458 e. The molecule has 0 spiro atoms. The summed E-state index contributed by atoms with van der Waals surface area (Å²) in [5.41, 5.74) is 2.24. The summed E-state index contributed by atoms with van der Waals surface area (Å²) in [6.07, 6.45) is 7.00. The molecule has 0 aromatic carbocycles. The molecule has 4 nitrogen and oxygen atoms in total. The first-order valence-electron chi connectivity index (χ1n) is 9.08. The molecule has 2 aliphatic rings. The third-order valence-corrected chi connectivity index (χ3v) is 5.45. The topological polar surface area (TPSA) is 52.6 Å². The summed E-state index contributed by atoms with van der Waals surface area (Å²) >= 11 is 0. The Labute approximate surface area is 145 Å². The normalized spacial score (nSPS) is 32.1. The molecule has 24 heavy (non-hydrogen) atoms. The van der Waals surface area contributed by atoms with Gasteiger partial charge in [0.05, 0.1) is 11.8 Å². The maximum absolute atomic E-state index is 12.2. The van der Waals surface area contributed by atoms with Crippen LogP contribution in [0.15, 0.2) is 23.3 Å². The van der Waals surface area contributed by atoms with Crippen LogP contribution < -0.4 is 0 Å². The van der Waals surface area contributed by atoms with Gasteiger partial charge >= 0.3 is 11.9 Å². The zero-order valence-electron chi connectivity index (χ0n) is 15.5. The summed E-state index contributed by atoms with van der Waals surface area (Å²) in [5, 5.41) is 0. The van der Waals surface area contributed by atoms with Gasteiger partial charge in [-0.05, 0) is 44.8 Å². The van der Waals surface area contributed by atoms with Gasteiger partial charge in [-0.3, -0.25) is 9.59 Å². The molecule has 0 N–H and O–H groups in total. The Balaban J connectivity index is 2.24. The van der Waals surface area contributed by atoms with Crippen LogP contribution in [0.2, 0.25) is 0 Å². The maximum Gasteiger partial charge on any atom is 0.309 e. The number of allylic oxidation sites excluding steroid dienone is 1. The van der Waals surface area contributed by atoms with Crippen LogP contribution in [-0.2, 0) is 19.1 Å². The van der Waals surface area contributed by atoms with Gasteiger partial charge in [0.25, 0.3) is 0 Å². The highest BCUT2D eigenvalue weighted by Gasteiger charge is 2.40. The monoisotopic (exact) mass is 334 g/mol. The predicted molar refractivity (Wildman–Crippen MR) is 93.2 cm³/mol. The average Bonchev–Trinajstić information content (AvgIpc) is 2.81. The van der Waals surface area contributed by atoms with Crippen molar-refractivity contribution in [2.45, 2.75) is 72.5 Å². The summed E-state index contributed by atoms with van der Waals surface area (Å²) in [6, 6.07) is 0. The zero-order chi connectivity index (χ0) is 17.9. The van der Waals surface area contributed by atoms with Gasteiger partial charge in [-0.25, -0.2) is 0 Å². The highest BCUT2D eigenvalue weighted by molar-refractivity contribution is 5.75. The number of hydrogen-bond donors (Lipinski definition) is 0. The number of hydrogen-bond acceptors (Lipinski definition) is 4. The minimum absolute atomic E-state index is 0.0765. The molecule has 1 aliphatic heterocycles. The van der Waals surface area contributed by atoms with E-state index in [9.17, 15) is 9.59 Å². The van der Waals surface area contributed by atoms with E-state index in [-0.39, 0.29) is 41.9 Å². The first-order chi connectivity index (χ1) is 11.3. The van der Waals surface area contributed by atoms with Crippen molar-refractivity contribution >= 4 is 11.9 Å². The van der Waals surface area contributed by atoms with Crippen LogP contribution >= 0.6 is 0 Å². The number of rotatable bonds is 3. The molecule has 134 valence electrons. The van der Waals surface area contributed by atoms with Gasteiger partial charge in [-0.1, -0.05) is 32.4 Å². The lowest BCUT2D eigenvalue weighted by molar-refractivity contribution is -0.152. The minimum atomic E-state index is -0.283. The Hall–Kier alpha value is -1.58. The van der Waals surface area contributed by atoms with Gasteiger partial charge in [0.1, 0.15) is 12.2 Å². The summed E-state index contributed by atoms with van der Waals surface area (Å²) in [7, 11) is 0. The SMILES string of the molecule is CCC(C)C(=O)OC1CC=C(C)CCC2C(C=C1C)OC(=O)C2C. The van der Waals surface area contributed by atoms with E-state index < -0.39 is 0 Å². The summed E-state index contributed by atoms with van der Waals surface area (Å²) < 4.78 is 11.3. The summed E-state index contributed by atoms with van der Waals surface area (Å²) in [4.78, 5) is 24.2. The van der Waals surface area contributed by atoms with Crippen LogP contribution in [0, 0.1) is 17.8 Å². The molecule has 0 saturated carbocycles. The first kappa shape index (κ1) is 18.8. The molecule has 5 atom stereocenters. The molecule has 1 aliphatic carbocycles. The van der Waals surface area contributed by atoms with E-state index in [0.717, 1.165) is 24.8 Å². The quantitative estimate of drug-likeness (QED) is 0.573. The van der Waals surface area contributed by atoms with Crippen molar-refractivity contribution in [2.24, 2.45) is 17.8 Å². The molecule has 0 aromatic rings. The highest BCUT2D eigenvalue weighted by atomic mass is 16.6. The predicted octanol–water partition coefficient (Wildman–Crippen LogP) is 4.20. The number of ether oxygens (including phenoxy) is 2. The number of fused-ring (bicyclic) bond motifs is 1. The second-order valence-corrected chi connectivity index (χ2v) is 7.32. The molecule has 1 heterocycles. The van der Waals surface area contributed by atoms with E-state index in [2.05, 4.69) is 13.0 Å². The molecule has 4 heteroatoms. The maximum atomic E-state index is 12.2. The van der Waals surface area contributed by atoms with Gasteiger partial charge in [-0.2, -0.15) is 0 Å². The molecule has 1 saturated heterocycles. The van der Waals surface area contributed by atoms with Crippen LogP contribution in [0.5, 0.6) is 0 Å². The van der Waals surface area contributed by atoms with E-state index in [1.165, 1.54) is 5.57 Å². The van der Waals surface area contributed by atoms with Crippen LogP contribution in [0.4, 0.5) is 0 Å². The van der Waals surface area contributed by atoms with Crippen LogP contribution in [0.3, 0.4) is 0 Å². The summed E-state index contributed by atoms with van der Waals surface area (Å²) in [6.45, 7) is 9.88. The van der Waals surface area contributed by atoms with Crippen LogP contribution in [0.25, 0.3) is 0 Å². The van der Waals surface area contributed by atoms with Crippen molar-refractivity contribution in [3.63, 3.8) is 0 Å². The van der Waals surface area contributed by atoms with Gasteiger partial charge in [0, 0.05) is 12.3 Å². The lowest BCUT2D eigenvalue weighted by Gasteiger charge is -2.24. The Morgan fingerprint density at radius 1 is 1.42 bits per heavy atom. The smallest absolute Gasteiger partial charge is 0.309 e. The van der Waals surface area contributed by atoms with Crippen molar-refractivity contribution in [1.29, 1.82) is 0 Å². The lowest BCUT2D eigenvalue weighted by Crippen LogP contribution is -2.26. The van der Waals surface area contributed by atoms with E-state index in [0.29, 0.717) is 6.42 Å². The number of carbonyl (C=O) groups excluding carboxylic acids is 2. The van der Waals surface area contributed by atoms with Crippen LogP contribution in [0.1, 0.15) is 60.3 Å². The summed E-state index contributed by atoms with van der Waals surface area (Å²) in [5.74, 6) is -0.266. The Morgan fingerprint density at radius 3 is 2.79 bits per heavy atom. The van der Waals surface area contributed by atoms with Crippen molar-refractivity contribution in [3.05, 3.63) is 23.3 Å². The Kier molecular flexibility index (Phi) is 6.25. The molecule has 0 radical (unpaired) electrons. The molecular formula is C20H30O4. The second-order valence-electron chi connectivity index (χ2n) is 7.32. The van der Waals surface area contributed by atoms with Crippen molar-refractivity contribution in [3.8, 4) is 0 Å². The lowest BCUT2D eigenvalue weighted by atomic mass is 9.84. The zero-order valence-corrected chi connectivity index (χ0v) is 15.5. The minimum Gasteiger partial charge on any atom is -0.458 e. The highest BCUT2D eigenvalue weighted by Crippen LogP contribution is 2.35. The number of carbonyl (C=O) groups is 2. The van der Waals surface area contributed by atoms with E-state index >= 15 is 0 Å². The molecule has 0 aromatic heterocycles. The Morgan fingerprint density at radius 2 is 2.12 bits per heavy atom. The molecule has 0 amide bonds. The van der Waals surface area contributed by atoms with Crippen molar-refractivity contribution < 1.29 is 19.1 Å². The fraction of sp³-hybridized carbons (Fsp3) is 0.700. The van der Waals surface area contributed by atoms with Gasteiger partial charge < -0.3 is 9.47 Å². The van der Waals surface area contributed by atoms with E-state index in [1.54, 1.807) is 0 Å². The standard InChI is InChI=1S/C20H30O4/c1-6-13(3)19(21)23-17-10-8-12(2)7-9-16-15(5)20(22)24-18(16)11-14(17)4/h8,11,13,15-18H,6-7,9-10H2,1-5H3.